The standard InChI is InChI=1S/C9H20BrNO3S/c1-9(2,8-10)11(3)15(12,13)7-5-6-14-4/h5-8H2,1-4H3. The largest absolute Gasteiger partial charge is 0.385 e. The molecule has 0 amide bonds. The molecule has 0 aromatic carbocycles. The predicted molar refractivity (Wildman–Crippen MR) is 65.9 cm³/mol. The molecular formula is C9H20BrNO3S. The summed E-state index contributed by atoms with van der Waals surface area (Å²) >= 11 is 3.32. The Morgan fingerprint density at radius 3 is 2.33 bits per heavy atom. The molecule has 0 rings (SSSR count). The van der Waals surface area contributed by atoms with Crippen LogP contribution in [-0.2, 0) is 14.8 Å². The van der Waals surface area contributed by atoms with E-state index >= 15 is 0 Å². The lowest BCUT2D eigenvalue weighted by Gasteiger charge is -2.32. The van der Waals surface area contributed by atoms with Gasteiger partial charge >= 0.3 is 0 Å². The molecule has 0 aliphatic carbocycles. The van der Waals surface area contributed by atoms with Crippen LogP contribution in [0.2, 0.25) is 0 Å². The van der Waals surface area contributed by atoms with Gasteiger partial charge in [0, 0.05) is 31.6 Å². The molecule has 0 aromatic heterocycles. The van der Waals surface area contributed by atoms with Gasteiger partial charge < -0.3 is 4.74 Å². The van der Waals surface area contributed by atoms with E-state index < -0.39 is 15.6 Å². The zero-order chi connectivity index (χ0) is 12.1. The Balaban J connectivity index is 4.46. The van der Waals surface area contributed by atoms with E-state index in [1.165, 1.54) is 4.31 Å². The normalized spacial score (nSPS) is 13.5. The SMILES string of the molecule is COCCCS(=O)(=O)N(C)C(C)(C)CBr. The minimum atomic E-state index is -3.18. The molecule has 0 fully saturated rings. The number of methoxy groups -OCH3 is 1. The molecule has 0 atom stereocenters. The van der Waals surface area contributed by atoms with Crippen molar-refractivity contribution < 1.29 is 13.2 Å². The van der Waals surface area contributed by atoms with Gasteiger partial charge in [0.15, 0.2) is 0 Å². The fourth-order valence-electron chi connectivity index (χ4n) is 0.983. The maximum absolute atomic E-state index is 11.9. The molecule has 6 heteroatoms. The summed E-state index contributed by atoms with van der Waals surface area (Å²) < 4.78 is 30.0. The highest BCUT2D eigenvalue weighted by Crippen LogP contribution is 2.19. The Morgan fingerprint density at radius 1 is 1.40 bits per heavy atom. The first-order valence-electron chi connectivity index (χ1n) is 4.79. The highest BCUT2D eigenvalue weighted by molar-refractivity contribution is 9.09. The lowest BCUT2D eigenvalue weighted by atomic mass is 10.1. The Labute approximate surface area is 101 Å². The summed E-state index contributed by atoms with van der Waals surface area (Å²) in [5.41, 5.74) is -0.397. The van der Waals surface area contributed by atoms with E-state index in [9.17, 15) is 8.42 Å². The van der Waals surface area contributed by atoms with E-state index in [4.69, 9.17) is 4.74 Å². The second kappa shape index (κ2) is 6.18. The lowest BCUT2D eigenvalue weighted by Crippen LogP contribution is -2.47. The van der Waals surface area contributed by atoms with Crippen LogP contribution < -0.4 is 0 Å². The van der Waals surface area contributed by atoms with E-state index in [0.29, 0.717) is 18.4 Å². The van der Waals surface area contributed by atoms with Crippen LogP contribution in [0.5, 0.6) is 0 Å². The fourth-order valence-corrected chi connectivity index (χ4v) is 3.10. The number of alkyl halides is 1. The number of halogens is 1. The highest BCUT2D eigenvalue weighted by Gasteiger charge is 2.31. The van der Waals surface area contributed by atoms with Gasteiger partial charge in [-0.3, -0.25) is 0 Å². The van der Waals surface area contributed by atoms with E-state index in [1.54, 1.807) is 14.2 Å². The maximum atomic E-state index is 11.9. The average molecular weight is 302 g/mol. The number of sulfonamides is 1. The minimum Gasteiger partial charge on any atom is -0.385 e. The topological polar surface area (TPSA) is 46.6 Å². The second-order valence-corrected chi connectivity index (χ2v) is 6.76. The highest BCUT2D eigenvalue weighted by atomic mass is 79.9. The zero-order valence-corrected chi connectivity index (χ0v) is 12.2. The second-order valence-electron chi connectivity index (χ2n) is 4.08. The summed E-state index contributed by atoms with van der Waals surface area (Å²) in [5.74, 6) is 0.133. The molecule has 0 spiro atoms. The molecule has 0 saturated carbocycles. The van der Waals surface area contributed by atoms with Crippen molar-refractivity contribution >= 4 is 26.0 Å². The quantitative estimate of drug-likeness (QED) is 0.528. The lowest BCUT2D eigenvalue weighted by molar-refractivity contribution is 0.198. The molecule has 0 aliphatic rings. The Hall–Kier alpha value is 0.350. The van der Waals surface area contributed by atoms with Gasteiger partial charge in [0.1, 0.15) is 0 Å². The molecule has 4 nitrogen and oxygen atoms in total. The Bertz CT molecular complexity index is 277. The first-order chi connectivity index (χ1) is 6.78. The van der Waals surface area contributed by atoms with Crippen LogP contribution in [0, 0.1) is 0 Å². The van der Waals surface area contributed by atoms with Crippen molar-refractivity contribution in [1.29, 1.82) is 0 Å². The minimum absolute atomic E-state index is 0.133. The van der Waals surface area contributed by atoms with E-state index in [1.807, 2.05) is 13.8 Å². The van der Waals surface area contributed by atoms with Crippen molar-refractivity contribution in [2.75, 3.05) is 31.8 Å². The molecule has 0 unspecified atom stereocenters. The number of ether oxygens (including phenoxy) is 1. The summed E-state index contributed by atoms with van der Waals surface area (Å²) in [6, 6.07) is 0. The molecule has 0 saturated heterocycles. The molecule has 0 aliphatic heterocycles. The number of hydrogen-bond acceptors (Lipinski definition) is 3. The molecule has 0 heterocycles. The average Bonchev–Trinajstić information content (AvgIpc) is 2.17. The predicted octanol–water partition coefficient (Wildman–Crippen LogP) is 1.46. The monoisotopic (exact) mass is 301 g/mol. The Kier molecular flexibility index (Phi) is 6.32. The van der Waals surface area contributed by atoms with Gasteiger partial charge in [0.2, 0.25) is 10.0 Å². The molecular weight excluding hydrogens is 282 g/mol. The first kappa shape index (κ1) is 15.3. The van der Waals surface area contributed by atoms with Gasteiger partial charge in [-0.2, -0.15) is 4.31 Å². The van der Waals surface area contributed by atoms with Gasteiger partial charge in [0.05, 0.1) is 5.75 Å². The van der Waals surface area contributed by atoms with Crippen molar-refractivity contribution in [3.05, 3.63) is 0 Å². The van der Waals surface area contributed by atoms with Gasteiger partial charge in [-0.25, -0.2) is 8.42 Å². The molecule has 0 radical (unpaired) electrons. The van der Waals surface area contributed by atoms with Crippen LogP contribution in [0.4, 0.5) is 0 Å². The van der Waals surface area contributed by atoms with Crippen LogP contribution in [-0.4, -0.2) is 50.1 Å². The van der Waals surface area contributed by atoms with Crippen molar-refractivity contribution in [3.63, 3.8) is 0 Å². The summed E-state index contributed by atoms with van der Waals surface area (Å²) in [4.78, 5) is 0. The smallest absolute Gasteiger partial charge is 0.214 e. The van der Waals surface area contributed by atoms with Crippen molar-refractivity contribution in [3.8, 4) is 0 Å². The molecule has 0 bridgehead atoms. The Morgan fingerprint density at radius 2 is 1.93 bits per heavy atom. The molecule has 0 N–H and O–H groups in total. The van der Waals surface area contributed by atoms with Crippen molar-refractivity contribution in [1.82, 2.24) is 4.31 Å². The van der Waals surface area contributed by atoms with Crippen LogP contribution in [0.25, 0.3) is 0 Å². The number of rotatable bonds is 7. The van der Waals surface area contributed by atoms with Crippen LogP contribution in [0.3, 0.4) is 0 Å². The van der Waals surface area contributed by atoms with Gasteiger partial charge in [0.25, 0.3) is 0 Å². The maximum Gasteiger partial charge on any atom is 0.214 e. The fraction of sp³-hybridized carbons (Fsp3) is 1.00. The zero-order valence-electron chi connectivity index (χ0n) is 9.79. The number of hydrogen-bond donors (Lipinski definition) is 0. The summed E-state index contributed by atoms with van der Waals surface area (Å²) in [6.45, 7) is 4.24. The van der Waals surface area contributed by atoms with E-state index in [-0.39, 0.29) is 5.75 Å². The van der Waals surface area contributed by atoms with E-state index in [2.05, 4.69) is 15.9 Å². The third-order valence-corrected chi connectivity index (χ3v) is 5.85. The van der Waals surface area contributed by atoms with E-state index in [0.717, 1.165) is 0 Å². The summed E-state index contributed by atoms with van der Waals surface area (Å²) in [7, 11) is 0.00371. The third kappa shape index (κ3) is 4.80. The van der Waals surface area contributed by atoms with Crippen molar-refractivity contribution in [2.24, 2.45) is 0 Å². The first-order valence-corrected chi connectivity index (χ1v) is 7.52. The summed E-state index contributed by atoms with van der Waals surface area (Å²) in [6.07, 6.45) is 0.529. The molecule has 15 heavy (non-hydrogen) atoms. The molecule has 0 aromatic rings. The van der Waals surface area contributed by atoms with Gasteiger partial charge in [-0.1, -0.05) is 15.9 Å². The van der Waals surface area contributed by atoms with Gasteiger partial charge in [-0.15, -0.1) is 0 Å². The summed E-state index contributed by atoms with van der Waals surface area (Å²) in [5, 5.41) is 0.611. The van der Waals surface area contributed by atoms with Gasteiger partial charge in [-0.05, 0) is 20.3 Å². The van der Waals surface area contributed by atoms with Crippen LogP contribution in [0.15, 0.2) is 0 Å². The number of nitrogens with zero attached hydrogens (tertiary/aromatic N) is 1. The molecule has 92 valence electrons. The third-order valence-electron chi connectivity index (χ3n) is 2.35. The van der Waals surface area contributed by atoms with Crippen LogP contribution >= 0.6 is 15.9 Å². The van der Waals surface area contributed by atoms with Crippen molar-refractivity contribution in [2.45, 2.75) is 25.8 Å². The van der Waals surface area contributed by atoms with Crippen LogP contribution in [0.1, 0.15) is 20.3 Å².